The van der Waals surface area contributed by atoms with Gasteiger partial charge in [0, 0.05) is 12.6 Å². The summed E-state index contributed by atoms with van der Waals surface area (Å²) in [7, 11) is -1.88. The van der Waals surface area contributed by atoms with Gasteiger partial charge in [0.1, 0.15) is 5.75 Å². The highest BCUT2D eigenvalue weighted by Crippen LogP contribution is 2.23. The van der Waals surface area contributed by atoms with Crippen molar-refractivity contribution in [3.8, 4) is 5.75 Å². The molecule has 1 saturated carbocycles. The third-order valence-electron chi connectivity index (χ3n) is 3.82. The van der Waals surface area contributed by atoms with E-state index in [9.17, 15) is 8.42 Å². The zero-order valence-electron chi connectivity index (χ0n) is 11.7. The van der Waals surface area contributed by atoms with Crippen LogP contribution in [-0.4, -0.2) is 28.1 Å². The summed E-state index contributed by atoms with van der Waals surface area (Å²) in [5.74, 6) is 1.04. The molecule has 3 N–H and O–H groups in total. The zero-order chi connectivity index (χ0) is 14.6. The van der Waals surface area contributed by atoms with Gasteiger partial charge in [-0.05, 0) is 55.9 Å². The largest absolute Gasteiger partial charge is 0.497 e. The van der Waals surface area contributed by atoms with Crippen LogP contribution < -0.4 is 15.2 Å². The number of hydrogen-bond acceptors (Lipinski definition) is 4. The van der Waals surface area contributed by atoms with Gasteiger partial charge < -0.3 is 10.5 Å². The molecule has 6 heteroatoms. The van der Waals surface area contributed by atoms with Crippen LogP contribution in [0.5, 0.6) is 5.75 Å². The molecule has 1 aromatic carbocycles. The van der Waals surface area contributed by atoms with Crippen molar-refractivity contribution in [3.63, 3.8) is 0 Å². The summed E-state index contributed by atoms with van der Waals surface area (Å²) in [6.07, 6.45) is 3.95. The molecule has 1 aliphatic rings. The van der Waals surface area contributed by atoms with Gasteiger partial charge in [-0.25, -0.2) is 13.1 Å². The van der Waals surface area contributed by atoms with E-state index in [1.54, 1.807) is 31.4 Å². The average molecular weight is 298 g/mol. The van der Waals surface area contributed by atoms with Crippen molar-refractivity contribution in [2.45, 2.75) is 36.6 Å². The molecule has 1 aliphatic carbocycles. The van der Waals surface area contributed by atoms with Gasteiger partial charge in [-0.15, -0.1) is 0 Å². The van der Waals surface area contributed by atoms with E-state index in [0.29, 0.717) is 18.2 Å². The molecular weight excluding hydrogens is 276 g/mol. The Hall–Kier alpha value is -1.11. The first-order valence-corrected chi connectivity index (χ1v) is 8.39. The number of rotatable bonds is 5. The van der Waals surface area contributed by atoms with Crippen molar-refractivity contribution in [1.29, 1.82) is 0 Å². The molecule has 0 heterocycles. The summed E-state index contributed by atoms with van der Waals surface area (Å²) in [6, 6.07) is 6.68. The van der Waals surface area contributed by atoms with Crippen LogP contribution in [0.25, 0.3) is 0 Å². The second kappa shape index (κ2) is 6.56. The van der Waals surface area contributed by atoms with Crippen LogP contribution in [0.2, 0.25) is 0 Å². The minimum atomic E-state index is -3.43. The van der Waals surface area contributed by atoms with Gasteiger partial charge >= 0.3 is 0 Å². The lowest BCUT2D eigenvalue weighted by Crippen LogP contribution is -2.34. The third-order valence-corrected chi connectivity index (χ3v) is 5.26. The molecule has 1 fully saturated rings. The van der Waals surface area contributed by atoms with Crippen LogP contribution in [0.15, 0.2) is 29.2 Å². The van der Waals surface area contributed by atoms with Crippen LogP contribution in [0, 0.1) is 5.92 Å². The minimum absolute atomic E-state index is 0.269. The Morgan fingerprint density at radius 1 is 1.20 bits per heavy atom. The molecular formula is C14H22N2O3S. The number of methoxy groups -OCH3 is 1. The predicted molar refractivity (Wildman–Crippen MR) is 78.1 cm³/mol. The smallest absolute Gasteiger partial charge is 0.240 e. The molecule has 2 rings (SSSR count). The van der Waals surface area contributed by atoms with Crippen LogP contribution in [0.3, 0.4) is 0 Å². The number of benzene rings is 1. The molecule has 1 aromatic rings. The second-order valence-corrected chi connectivity index (χ2v) is 7.08. The lowest BCUT2D eigenvalue weighted by atomic mass is 9.87. The maximum atomic E-state index is 12.2. The van der Waals surface area contributed by atoms with E-state index < -0.39 is 10.0 Å². The summed E-state index contributed by atoms with van der Waals surface area (Å²) in [5, 5.41) is 0. The Morgan fingerprint density at radius 3 is 2.35 bits per heavy atom. The predicted octanol–water partition coefficient (Wildman–Crippen LogP) is 1.49. The van der Waals surface area contributed by atoms with E-state index in [2.05, 4.69) is 4.72 Å². The van der Waals surface area contributed by atoms with Crippen LogP contribution in [-0.2, 0) is 10.0 Å². The molecule has 20 heavy (non-hydrogen) atoms. The Balaban J connectivity index is 1.93. The fourth-order valence-corrected chi connectivity index (χ4v) is 3.57. The molecule has 0 aromatic heterocycles. The number of hydrogen-bond donors (Lipinski definition) is 2. The highest BCUT2D eigenvalue weighted by Gasteiger charge is 2.21. The topological polar surface area (TPSA) is 81.4 Å². The molecule has 0 radical (unpaired) electrons. The van der Waals surface area contributed by atoms with Crippen molar-refractivity contribution in [1.82, 2.24) is 4.72 Å². The van der Waals surface area contributed by atoms with E-state index in [4.69, 9.17) is 10.5 Å². The quantitative estimate of drug-likeness (QED) is 0.863. The molecule has 0 amide bonds. The van der Waals surface area contributed by atoms with Crippen molar-refractivity contribution >= 4 is 10.0 Å². The van der Waals surface area contributed by atoms with Gasteiger partial charge in [-0.2, -0.15) is 0 Å². The Morgan fingerprint density at radius 2 is 1.80 bits per heavy atom. The SMILES string of the molecule is COc1ccc(S(=O)(=O)NCC2CCC(N)CC2)cc1. The van der Waals surface area contributed by atoms with E-state index in [1.165, 1.54) is 0 Å². The van der Waals surface area contributed by atoms with Crippen molar-refractivity contribution in [3.05, 3.63) is 24.3 Å². The van der Waals surface area contributed by atoms with Gasteiger partial charge in [-0.1, -0.05) is 0 Å². The Bertz CT molecular complexity index is 520. The molecule has 5 nitrogen and oxygen atoms in total. The van der Waals surface area contributed by atoms with Crippen molar-refractivity contribution < 1.29 is 13.2 Å². The lowest BCUT2D eigenvalue weighted by molar-refractivity contribution is 0.326. The fraction of sp³-hybridized carbons (Fsp3) is 0.571. The highest BCUT2D eigenvalue weighted by atomic mass is 32.2. The normalized spacial score (nSPS) is 23.5. The van der Waals surface area contributed by atoms with Gasteiger partial charge in [0.15, 0.2) is 0 Å². The van der Waals surface area contributed by atoms with E-state index in [-0.39, 0.29) is 10.9 Å². The van der Waals surface area contributed by atoms with Gasteiger partial charge in [0.2, 0.25) is 10.0 Å². The monoisotopic (exact) mass is 298 g/mol. The summed E-state index contributed by atoms with van der Waals surface area (Å²) in [5.41, 5.74) is 5.85. The number of sulfonamides is 1. The van der Waals surface area contributed by atoms with E-state index in [1.807, 2.05) is 0 Å². The van der Waals surface area contributed by atoms with Crippen molar-refractivity contribution in [2.75, 3.05) is 13.7 Å². The Kier molecular flexibility index (Phi) is 5.01. The number of ether oxygens (including phenoxy) is 1. The molecule has 0 saturated heterocycles. The van der Waals surface area contributed by atoms with Crippen LogP contribution >= 0.6 is 0 Å². The minimum Gasteiger partial charge on any atom is -0.497 e. The van der Waals surface area contributed by atoms with Crippen LogP contribution in [0.4, 0.5) is 0 Å². The molecule has 0 atom stereocenters. The first-order chi connectivity index (χ1) is 9.51. The number of nitrogens with two attached hydrogens (primary N) is 1. The van der Waals surface area contributed by atoms with Gasteiger partial charge in [0.25, 0.3) is 0 Å². The van der Waals surface area contributed by atoms with E-state index >= 15 is 0 Å². The van der Waals surface area contributed by atoms with Crippen LogP contribution in [0.1, 0.15) is 25.7 Å². The molecule has 0 aliphatic heterocycles. The highest BCUT2D eigenvalue weighted by molar-refractivity contribution is 7.89. The summed E-state index contributed by atoms with van der Waals surface area (Å²) in [4.78, 5) is 0.269. The Labute approximate surface area is 120 Å². The molecule has 0 spiro atoms. The lowest BCUT2D eigenvalue weighted by Gasteiger charge is -2.26. The second-order valence-electron chi connectivity index (χ2n) is 5.31. The first-order valence-electron chi connectivity index (χ1n) is 6.90. The summed E-state index contributed by atoms with van der Waals surface area (Å²) in [6.45, 7) is 0.487. The standard InChI is InChI=1S/C14H22N2O3S/c1-19-13-6-8-14(9-7-13)20(17,18)16-10-11-2-4-12(15)5-3-11/h6-9,11-12,16H,2-5,10,15H2,1H3. The third kappa shape index (κ3) is 3.94. The average Bonchev–Trinajstić information content (AvgIpc) is 2.47. The fourth-order valence-electron chi connectivity index (χ4n) is 2.46. The van der Waals surface area contributed by atoms with E-state index in [0.717, 1.165) is 25.7 Å². The first kappa shape index (κ1) is 15.3. The molecule has 0 unspecified atom stereocenters. The summed E-state index contributed by atoms with van der Waals surface area (Å²) < 4.78 is 32.0. The van der Waals surface area contributed by atoms with Crippen molar-refractivity contribution in [2.24, 2.45) is 11.7 Å². The maximum Gasteiger partial charge on any atom is 0.240 e. The van der Waals surface area contributed by atoms with Gasteiger partial charge in [0.05, 0.1) is 12.0 Å². The van der Waals surface area contributed by atoms with Gasteiger partial charge in [-0.3, -0.25) is 0 Å². The molecule has 112 valence electrons. The zero-order valence-corrected chi connectivity index (χ0v) is 12.5. The maximum absolute atomic E-state index is 12.2. The summed E-state index contributed by atoms with van der Waals surface area (Å²) >= 11 is 0. The molecule has 0 bridgehead atoms. The number of nitrogens with one attached hydrogen (secondary N) is 1.